The second-order valence-electron chi connectivity index (χ2n) is 5.02. The maximum absolute atomic E-state index is 9.48. The summed E-state index contributed by atoms with van der Waals surface area (Å²) in [6, 6.07) is 0. The van der Waals surface area contributed by atoms with Crippen molar-refractivity contribution in [3.63, 3.8) is 0 Å². The highest BCUT2D eigenvalue weighted by molar-refractivity contribution is 7.16. The van der Waals surface area contributed by atoms with Gasteiger partial charge in [0.2, 0.25) is 4.96 Å². The first kappa shape index (κ1) is 11.2. The molecule has 2 heterocycles. The topological polar surface area (TPSA) is 50.4 Å². The SMILES string of the molecule is CC(C)c1nc2sc(C3CCC3)nn2c1CO. The number of rotatable bonds is 3. The Hall–Kier alpha value is -0.940. The van der Waals surface area contributed by atoms with Crippen molar-refractivity contribution in [2.24, 2.45) is 0 Å². The van der Waals surface area contributed by atoms with Gasteiger partial charge in [0.05, 0.1) is 18.0 Å². The van der Waals surface area contributed by atoms with Gasteiger partial charge in [-0.05, 0) is 18.8 Å². The lowest BCUT2D eigenvalue weighted by Crippen LogP contribution is -2.09. The van der Waals surface area contributed by atoms with Gasteiger partial charge in [-0.25, -0.2) is 9.50 Å². The molecule has 2 aromatic rings. The zero-order valence-electron chi connectivity index (χ0n) is 10.2. The van der Waals surface area contributed by atoms with E-state index in [1.54, 1.807) is 11.3 Å². The van der Waals surface area contributed by atoms with Gasteiger partial charge in [-0.3, -0.25) is 0 Å². The van der Waals surface area contributed by atoms with E-state index in [1.807, 2.05) is 4.52 Å². The van der Waals surface area contributed by atoms with Crippen LogP contribution in [0, 0.1) is 0 Å². The molecular weight excluding hydrogens is 234 g/mol. The quantitative estimate of drug-likeness (QED) is 0.912. The number of fused-ring (bicyclic) bond motifs is 1. The summed E-state index contributed by atoms with van der Waals surface area (Å²) >= 11 is 1.68. The number of imidazole rings is 1. The number of aliphatic hydroxyl groups is 1. The molecule has 0 aromatic carbocycles. The summed E-state index contributed by atoms with van der Waals surface area (Å²) in [5.74, 6) is 0.967. The van der Waals surface area contributed by atoms with Gasteiger partial charge < -0.3 is 5.11 Å². The molecule has 2 aromatic heterocycles. The molecule has 0 unspecified atom stereocenters. The van der Waals surface area contributed by atoms with E-state index in [0.717, 1.165) is 16.3 Å². The molecule has 3 rings (SSSR count). The zero-order valence-corrected chi connectivity index (χ0v) is 11.0. The lowest BCUT2D eigenvalue weighted by Gasteiger charge is -2.22. The molecule has 0 bridgehead atoms. The van der Waals surface area contributed by atoms with Gasteiger partial charge in [-0.15, -0.1) is 0 Å². The van der Waals surface area contributed by atoms with E-state index in [4.69, 9.17) is 0 Å². The number of aromatic nitrogens is 3. The molecule has 1 N–H and O–H groups in total. The summed E-state index contributed by atoms with van der Waals surface area (Å²) < 4.78 is 1.84. The van der Waals surface area contributed by atoms with Gasteiger partial charge in [0.15, 0.2) is 0 Å². The molecule has 92 valence electrons. The second-order valence-corrected chi connectivity index (χ2v) is 6.01. The Labute approximate surface area is 104 Å². The van der Waals surface area contributed by atoms with Gasteiger partial charge >= 0.3 is 0 Å². The fourth-order valence-electron chi connectivity index (χ4n) is 2.25. The smallest absolute Gasteiger partial charge is 0.212 e. The minimum Gasteiger partial charge on any atom is -0.390 e. The Balaban J connectivity index is 2.08. The van der Waals surface area contributed by atoms with Crippen LogP contribution >= 0.6 is 11.3 Å². The standard InChI is InChI=1S/C12H17N3OS/c1-7(2)10-9(6-16)15-12(13-10)17-11(14-15)8-4-3-5-8/h7-8,16H,3-6H2,1-2H3. The molecule has 0 radical (unpaired) electrons. The van der Waals surface area contributed by atoms with Crippen LogP contribution in [-0.4, -0.2) is 19.7 Å². The number of hydrogen-bond donors (Lipinski definition) is 1. The fraction of sp³-hybridized carbons (Fsp3) is 0.667. The van der Waals surface area contributed by atoms with Crippen LogP contribution < -0.4 is 0 Å². The van der Waals surface area contributed by atoms with Crippen LogP contribution in [0.2, 0.25) is 0 Å². The van der Waals surface area contributed by atoms with E-state index in [0.29, 0.717) is 11.8 Å². The minimum absolute atomic E-state index is 0.0164. The third kappa shape index (κ3) is 1.68. The monoisotopic (exact) mass is 251 g/mol. The van der Waals surface area contributed by atoms with Gasteiger partial charge in [-0.1, -0.05) is 31.6 Å². The van der Waals surface area contributed by atoms with E-state index in [2.05, 4.69) is 23.9 Å². The average molecular weight is 251 g/mol. The Morgan fingerprint density at radius 3 is 2.76 bits per heavy atom. The van der Waals surface area contributed by atoms with E-state index in [-0.39, 0.29) is 6.61 Å². The maximum atomic E-state index is 9.48. The molecule has 17 heavy (non-hydrogen) atoms. The van der Waals surface area contributed by atoms with Crippen LogP contribution in [-0.2, 0) is 6.61 Å². The van der Waals surface area contributed by atoms with Gasteiger partial charge in [0.25, 0.3) is 0 Å². The minimum atomic E-state index is 0.0164. The highest BCUT2D eigenvalue weighted by Crippen LogP contribution is 2.38. The first-order valence-corrected chi connectivity index (χ1v) is 7.01. The highest BCUT2D eigenvalue weighted by Gasteiger charge is 2.25. The van der Waals surface area contributed by atoms with Gasteiger partial charge in [0.1, 0.15) is 5.01 Å². The van der Waals surface area contributed by atoms with E-state index in [9.17, 15) is 5.11 Å². The third-order valence-corrected chi connectivity index (χ3v) is 4.57. The lowest BCUT2D eigenvalue weighted by atomic mass is 9.86. The summed E-state index contributed by atoms with van der Waals surface area (Å²) in [6.45, 7) is 4.21. The van der Waals surface area contributed by atoms with Crippen LogP contribution in [0.1, 0.15) is 61.3 Å². The highest BCUT2D eigenvalue weighted by atomic mass is 32.1. The Bertz CT molecular complexity index is 539. The molecule has 0 saturated heterocycles. The summed E-state index contributed by atoms with van der Waals surface area (Å²) in [7, 11) is 0. The van der Waals surface area contributed by atoms with Crippen LogP contribution in [0.15, 0.2) is 0 Å². The second kappa shape index (κ2) is 4.07. The fourth-order valence-corrected chi connectivity index (χ4v) is 3.34. The van der Waals surface area contributed by atoms with E-state index < -0.39 is 0 Å². The Morgan fingerprint density at radius 1 is 1.47 bits per heavy atom. The van der Waals surface area contributed by atoms with Crippen molar-refractivity contribution in [2.45, 2.75) is 51.6 Å². The predicted octanol–water partition coefficient (Wildman–Crippen LogP) is 2.67. The summed E-state index contributed by atoms with van der Waals surface area (Å²) in [5, 5.41) is 15.3. The molecule has 1 saturated carbocycles. The molecular formula is C12H17N3OS. The first-order valence-electron chi connectivity index (χ1n) is 6.19. The molecule has 1 aliphatic carbocycles. The number of hydrogen-bond acceptors (Lipinski definition) is 4. The molecule has 0 aliphatic heterocycles. The molecule has 1 aliphatic rings. The van der Waals surface area contributed by atoms with Crippen molar-refractivity contribution >= 4 is 16.3 Å². The Morgan fingerprint density at radius 2 is 2.24 bits per heavy atom. The van der Waals surface area contributed by atoms with Crippen LogP contribution in [0.25, 0.3) is 4.96 Å². The molecule has 0 atom stereocenters. The van der Waals surface area contributed by atoms with E-state index >= 15 is 0 Å². The van der Waals surface area contributed by atoms with Crippen LogP contribution in [0.3, 0.4) is 0 Å². The molecule has 0 spiro atoms. The largest absolute Gasteiger partial charge is 0.390 e. The molecule has 1 fully saturated rings. The van der Waals surface area contributed by atoms with Crippen LogP contribution in [0.4, 0.5) is 0 Å². The lowest BCUT2D eigenvalue weighted by molar-refractivity contribution is 0.272. The zero-order chi connectivity index (χ0) is 12.0. The predicted molar refractivity (Wildman–Crippen MR) is 67.5 cm³/mol. The van der Waals surface area contributed by atoms with Crippen molar-refractivity contribution in [1.29, 1.82) is 0 Å². The molecule has 4 nitrogen and oxygen atoms in total. The van der Waals surface area contributed by atoms with Crippen LogP contribution in [0.5, 0.6) is 0 Å². The summed E-state index contributed by atoms with van der Waals surface area (Å²) in [4.78, 5) is 5.53. The number of nitrogens with zero attached hydrogens (tertiary/aromatic N) is 3. The van der Waals surface area contributed by atoms with Crippen molar-refractivity contribution in [1.82, 2.24) is 14.6 Å². The average Bonchev–Trinajstić information content (AvgIpc) is 2.71. The third-order valence-electron chi connectivity index (χ3n) is 3.49. The first-order chi connectivity index (χ1) is 8.20. The molecule has 0 amide bonds. The van der Waals surface area contributed by atoms with Crippen molar-refractivity contribution < 1.29 is 5.11 Å². The van der Waals surface area contributed by atoms with Crippen molar-refractivity contribution in [3.8, 4) is 0 Å². The maximum Gasteiger partial charge on any atom is 0.212 e. The van der Waals surface area contributed by atoms with Gasteiger partial charge in [-0.2, -0.15) is 5.10 Å². The molecule has 5 heteroatoms. The van der Waals surface area contributed by atoms with Gasteiger partial charge in [0, 0.05) is 5.92 Å². The Kier molecular flexibility index (Phi) is 2.67. The van der Waals surface area contributed by atoms with Crippen molar-refractivity contribution in [2.75, 3.05) is 0 Å². The number of aliphatic hydroxyl groups excluding tert-OH is 1. The normalized spacial score (nSPS) is 16.9. The van der Waals surface area contributed by atoms with E-state index in [1.165, 1.54) is 24.3 Å². The van der Waals surface area contributed by atoms with Crippen molar-refractivity contribution in [3.05, 3.63) is 16.4 Å². The summed E-state index contributed by atoms with van der Waals surface area (Å²) in [5.41, 5.74) is 1.84. The summed E-state index contributed by atoms with van der Waals surface area (Å²) in [6.07, 6.45) is 3.82.